The van der Waals surface area contributed by atoms with Gasteiger partial charge in [-0.3, -0.25) is 0 Å². The standard InChI is InChI=1S/C11H17N.C2H6/c1-9-5-3-4-6-11(9)8-7-10(2)12;1-2/h3-6,10H,7-8,12H2,1-2H3;1-2H3. The summed E-state index contributed by atoms with van der Waals surface area (Å²) in [6, 6.07) is 8.80. The summed E-state index contributed by atoms with van der Waals surface area (Å²) in [5, 5.41) is 0. The van der Waals surface area contributed by atoms with Crippen molar-refractivity contribution in [2.75, 3.05) is 0 Å². The first-order chi connectivity index (χ1) is 6.70. The van der Waals surface area contributed by atoms with E-state index in [1.807, 2.05) is 13.8 Å². The molecule has 80 valence electrons. The Morgan fingerprint density at radius 2 is 1.79 bits per heavy atom. The molecular weight excluding hydrogens is 170 g/mol. The fourth-order valence-corrected chi connectivity index (χ4v) is 1.27. The fourth-order valence-electron chi connectivity index (χ4n) is 1.27. The Morgan fingerprint density at radius 1 is 1.21 bits per heavy atom. The molecule has 0 saturated carbocycles. The summed E-state index contributed by atoms with van der Waals surface area (Å²) in [5.41, 5.74) is 8.49. The summed E-state index contributed by atoms with van der Waals surface area (Å²) in [5.74, 6) is 0. The SMILES string of the molecule is CC.Cc1ccccc1CCC(C)N. The van der Waals surface area contributed by atoms with Crippen LogP contribution in [0.1, 0.15) is 38.3 Å². The Morgan fingerprint density at radius 3 is 2.29 bits per heavy atom. The number of hydrogen-bond acceptors (Lipinski definition) is 1. The molecule has 1 unspecified atom stereocenters. The van der Waals surface area contributed by atoms with Crippen LogP contribution < -0.4 is 5.73 Å². The van der Waals surface area contributed by atoms with Crippen LogP contribution in [-0.4, -0.2) is 6.04 Å². The summed E-state index contributed by atoms with van der Waals surface area (Å²) in [7, 11) is 0. The van der Waals surface area contributed by atoms with Gasteiger partial charge in [0.1, 0.15) is 0 Å². The number of benzene rings is 1. The highest BCUT2D eigenvalue weighted by atomic mass is 14.6. The van der Waals surface area contributed by atoms with Crippen LogP contribution in [0.3, 0.4) is 0 Å². The number of rotatable bonds is 3. The van der Waals surface area contributed by atoms with Crippen LogP contribution in [0.2, 0.25) is 0 Å². The van der Waals surface area contributed by atoms with Gasteiger partial charge in [0.2, 0.25) is 0 Å². The fraction of sp³-hybridized carbons (Fsp3) is 0.538. The van der Waals surface area contributed by atoms with Gasteiger partial charge in [0.05, 0.1) is 0 Å². The molecule has 0 radical (unpaired) electrons. The average molecular weight is 193 g/mol. The molecule has 2 N–H and O–H groups in total. The third-order valence-electron chi connectivity index (χ3n) is 2.13. The molecule has 1 heteroatoms. The smallest absolute Gasteiger partial charge is 0.00136 e. The molecule has 0 aliphatic rings. The van der Waals surface area contributed by atoms with E-state index in [0.717, 1.165) is 12.8 Å². The normalized spacial score (nSPS) is 11.5. The van der Waals surface area contributed by atoms with Crippen LogP contribution in [0.5, 0.6) is 0 Å². The molecule has 1 aromatic rings. The third-order valence-corrected chi connectivity index (χ3v) is 2.13. The molecule has 0 saturated heterocycles. The molecule has 0 aliphatic heterocycles. The van der Waals surface area contributed by atoms with Crippen LogP contribution in [0.15, 0.2) is 24.3 Å². The minimum absolute atomic E-state index is 0.310. The van der Waals surface area contributed by atoms with Gasteiger partial charge in [-0.05, 0) is 37.8 Å². The Balaban J connectivity index is 0.000000791. The lowest BCUT2D eigenvalue weighted by Gasteiger charge is -2.07. The molecule has 1 atom stereocenters. The van der Waals surface area contributed by atoms with Crippen molar-refractivity contribution in [3.63, 3.8) is 0 Å². The largest absolute Gasteiger partial charge is 0.328 e. The molecule has 0 amide bonds. The van der Waals surface area contributed by atoms with Crippen LogP contribution in [0.4, 0.5) is 0 Å². The average Bonchev–Trinajstić information content (AvgIpc) is 2.19. The summed E-state index contributed by atoms with van der Waals surface area (Å²) < 4.78 is 0. The van der Waals surface area contributed by atoms with Gasteiger partial charge in [-0.15, -0.1) is 0 Å². The van der Waals surface area contributed by atoms with Gasteiger partial charge in [-0.1, -0.05) is 38.1 Å². The molecule has 14 heavy (non-hydrogen) atoms. The second-order valence-corrected chi connectivity index (χ2v) is 3.44. The van der Waals surface area contributed by atoms with E-state index < -0.39 is 0 Å². The van der Waals surface area contributed by atoms with Crippen molar-refractivity contribution >= 4 is 0 Å². The van der Waals surface area contributed by atoms with E-state index in [-0.39, 0.29) is 0 Å². The Hall–Kier alpha value is -0.820. The topological polar surface area (TPSA) is 26.0 Å². The molecule has 1 nitrogen and oxygen atoms in total. The van der Waals surface area contributed by atoms with Crippen molar-refractivity contribution in [3.8, 4) is 0 Å². The van der Waals surface area contributed by atoms with Crippen molar-refractivity contribution in [1.29, 1.82) is 0 Å². The van der Waals surface area contributed by atoms with Gasteiger partial charge in [0.15, 0.2) is 0 Å². The molecular formula is C13H23N. The maximum atomic E-state index is 5.69. The van der Waals surface area contributed by atoms with Crippen molar-refractivity contribution in [2.45, 2.75) is 46.6 Å². The van der Waals surface area contributed by atoms with Crippen molar-refractivity contribution < 1.29 is 0 Å². The van der Waals surface area contributed by atoms with Gasteiger partial charge in [0.25, 0.3) is 0 Å². The number of nitrogens with two attached hydrogens (primary N) is 1. The van der Waals surface area contributed by atoms with E-state index in [1.54, 1.807) is 0 Å². The Labute approximate surface area is 88.3 Å². The molecule has 1 rings (SSSR count). The van der Waals surface area contributed by atoms with Crippen LogP contribution >= 0.6 is 0 Å². The van der Waals surface area contributed by atoms with Gasteiger partial charge in [-0.25, -0.2) is 0 Å². The minimum atomic E-state index is 0.310. The van der Waals surface area contributed by atoms with Crippen molar-refractivity contribution in [3.05, 3.63) is 35.4 Å². The monoisotopic (exact) mass is 193 g/mol. The Bertz CT molecular complexity index is 241. The zero-order valence-corrected chi connectivity index (χ0v) is 9.88. The molecule has 0 heterocycles. The van der Waals surface area contributed by atoms with Crippen LogP contribution in [0.25, 0.3) is 0 Å². The first-order valence-corrected chi connectivity index (χ1v) is 5.50. The van der Waals surface area contributed by atoms with Crippen molar-refractivity contribution in [2.24, 2.45) is 5.73 Å². The van der Waals surface area contributed by atoms with Crippen LogP contribution in [0, 0.1) is 6.92 Å². The molecule has 0 bridgehead atoms. The molecule has 0 spiro atoms. The van der Waals surface area contributed by atoms with Gasteiger partial charge >= 0.3 is 0 Å². The quantitative estimate of drug-likeness (QED) is 0.783. The van der Waals surface area contributed by atoms with E-state index in [4.69, 9.17) is 5.73 Å². The molecule has 0 aromatic heterocycles. The zero-order valence-electron chi connectivity index (χ0n) is 9.88. The third kappa shape index (κ3) is 5.03. The van der Waals surface area contributed by atoms with E-state index in [1.165, 1.54) is 11.1 Å². The van der Waals surface area contributed by atoms with Gasteiger partial charge in [0, 0.05) is 6.04 Å². The van der Waals surface area contributed by atoms with E-state index in [9.17, 15) is 0 Å². The molecule has 0 fully saturated rings. The highest BCUT2D eigenvalue weighted by molar-refractivity contribution is 5.25. The predicted octanol–water partition coefficient (Wildman–Crippen LogP) is 3.30. The number of aryl methyl sites for hydroxylation is 2. The predicted molar refractivity (Wildman–Crippen MR) is 64.5 cm³/mol. The lowest BCUT2D eigenvalue weighted by molar-refractivity contribution is 0.664. The summed E-state index contributed by atoms with van der Waals surface area (Å²) in [4.78, 5) is 0. The van der Waals surface area contributed by atoms with Crippen molar-refractivity contribution in [1.82, 2.24) is 0 Å². The zero-order chi connectivity index (χ0) is 11.0. The van der Waals surface area contributed by atoms with E-state index >= 15 is 0 Å². The number of hydrogen-bond donors (Lipinski definition) is 1. The second kappa shape index (κ2) is 7.57. The maximum absolute atomic E-state index is 5.69. The van der Waals surface area contributed by atoms with Crippen LogP contribution in [-0.2, 0) is 6.42 Å². The summed E-state index contributed by atoms with van der Waals surface area (Å²) >= 11 is 0. The lowest BCUT2D eigenvalue weighted by Crippen LogP contribution is -2.15. The maximum Gasteiger partial charge on any atom is 0.00136 e. The Kier molecular flexibility index (Phi) is 7.13. The highest BCUT2D eigenvalue weighted by Gasteiger charge is 1.98. The van der Waals surface area contributed by atoms with Gasteiger partial charge < -0.3 is 5.73 Å². The van der Waals surface area contributed by atoms with E-state index in [2.05, 4.69) is 38.1 Å². The second-order valence-electron chi connectivity index (χ2n) is 3.44. The first kappa shape index (κ1) is 13.2. The minimum Gasteiger partial charge on any atom is -0.328 e. The summed E-state index contributed by atoms with van der Waals surface area (Å²) in [6.45, 7) is 8.20. The molecule has 1 aromatic carbocycles. The lowest BCUT2D eigenvalue weighted by atomic mass is 10.0. The molecule has 0 aliphatic carbocycles. The van der Waals surface area contributed by atoms with Gasteiger partial charge in [-0.2, -0.15) is 0 Å². The van der Waals surface area contributed by atoms with E-state index in [0.29, 0.717) is 6.04 Å². The highest BCUT2D eigenvalue weighted by Crippen LogP contribution is 2.09. The summed E-state index contributed by atoms with van der Waals surface area (Å²) in [6.07, 6.45) is 2.18. The first-order valence-electron chi connectivity index (χ1n) is 5.50.